The summed E-state index contributed by atoms with van der Waals surface area (Å²) in [7, 11) is 0. The second kappa shape index (κ2) is 8.13. The van der Waals surface area contributed by atoms with Crippen molar-refractivity contribution in [2.45, 2.75) is 38.2 Å². The van der Waals surface area contributed by atoms with E-state index in [1.807, 2.05) is 12.1 Å². The molecule has 0 bridgehead atoms. The first-order chi connectivity index (χ1) is 14.4. The van der Waals surface area contributed by atoms with Crippen LogP contribution in [-0.4, -0.2) is 49.7 Å². The molecule has 30 heavy (non-hydrogen) atoms. The fourth-order valence-corrected chi connectivity index (χ4v) is 3.27. The van der Waals surface area contributed by atoms with Crippen molar-refractivity contribution < 1.29 is 18.8 Å². The molecule has 1 fully saturated rings. The first kappa shape index (κ1) is 19.9. The third kappa shape index (κ3) is 4.58. The predicted octanol–water partition coefficient (Wildman–Crippen LogP) is 2.87. The molecule has 1 aliphatic rings. The smallest absolute Gasteiger partial charge is 0.289 e. The molecule has 0 aliphatic carbocycles. The quantitative estimate of drug-likeness (QED) is 0.667. The van der Waals surface area contributed by atoms with Gasteiger partial charge in [-0.05, 0) is 56.9 Å². The van der Waals surface area contributed by atoms with Gasteiger partial charge in [0.15, 0.2) is 11.5 Å². The maximum Gasteiger partial charge on any atom is 0.289 e. The van der Waals surface area contributed by atoms with Gasteiger partial charge in [-0.1, -0.05) is 11.1 Å². The minimum Gasteiger partial charge on any atom is -0.443 e. The molecule has 3 aromatic rings. The summed E-state index contributed by atoms with van der Waals surface area (Å²) in [4.78, 5) is 23.2. The van der Waals surface area contributed by atoms with Crippen LogP contribution in [0.1, 0.15) is 54.8 Å². The number of aromatic nitrogens is 3. The van der Waals surface area contributed by atoms with Crippen LogP contribution >= 0.6 is 0 Å². The van der Waals surface area contributed by atoms with Crippen molar-refractivity contribution in [1.29, 1.82) is 0 Å². The van der Waals surface area contributed by atoms with Gasteiger partial charge in [0, 0.05) is 31.0 Å². The number of pyridine rings is 1. The highest BCUT2D eigenvalue weighted by Gasteiger charge is 2.30. The Balaban J connectivity index is 1.45. The molecular formula is C22H22N4O4. The van der Waals surface area contributed by atoms with E-state index in [4.69, 9.17) is 8.94 Å². The lowest BCUT2D eigenvalue weighted by Crippen LogP contribution is -2.39. The zero-order valence-corrected chi connectivity index (χ0v) is 16.8. The third-order valence-corrected chi connectivity index (χ3v) is 4.73. The van der Waals surface area contributed by atoms with Gasteiger partial charge in [0.05, 0.1) is 5.92 Å². The Morgan fingerprint density at radius 1 is 1.33 bits per heavy atom. The van der Waals surface area contributed by atoms with Crippen molar-refractivity contribution in [2.75, 3.05) is 13.1 Å². The van der Waals surface area contributed by atoms with Crippen LogP contribution in [-0.2, 0) is 0 Å². The minimum absolute atomic E-state index is 0.0370. The largest absolute Gasteiger partial charge is 0.443 e. The number of rotatable bonds is 3. The Morgan fingerprint density at radius 2 is 2.20 bits per heavy atom. The topological polar surface area (TPSA) is 105 Å². The molecule has 1 atom stereocenters. The van der Waals surface area contributed by atoms with E-state index in [1.54, 1.807) is 43.3 Å². The number of furan rings is 1. The molecular weight excluding hydrogens is 384 g/mol. The summed E-state index contributed by atoms with van der Waals surface area (Å²) in [5, 5.41) is 13.7. The van der Waals surface area contributed by atoms with Gasteiger partial charge in [0.25, 0.3) is 5.91 Å². The van der Waals surface area contributed by atoms with E-state index < -0.39 is 5.60 Å². The highest BCUT2D eigenvalue weighted by Crippen LogP contribution is 2.28. The second-order valence-electron chi connectivity index (χ2n) is 7.76. The molecule has 8 nitrogen and oxygen atoms in total. The number of amides is 1. The van der Waals surface area contributed by atoms with Crippen molar-refractivity contribution in [2.24, 2.45) is 0 Å². The van der Waals surface area contributed by atoms with E-state index >= 15 is 0 Å². The summed E-state index contributed by atoms with van der Waals surface area (Å²) in [6.45, 7) is 4.27. The van der Waals surface area contributed by atoms with Gasteiger partial charge in [0.1, 0.15) is 5.60 Å². The second-order valence-corrected chi connectivity index (χ2v) is 7.76. The lowest BCUT2D eigenvalue weighted by Gasteiger charge is -2.30. The zero-order chi connectivity index (χ0) is 21.1. The summed E-state index contributed by atoms with van der Waals surface area (Å²) in [5.74, 6) is 6.73. The van der Waals surface area contributed by atoms with Crippen LogP contribution in [0.3, 0.4) is 0 Å². The fourth-order valence-electron chi connectivity index (χ4n) is 3.27. The fraction of sp³-hybridized carbons (Fsp3) is 0.364. The molecule has 1 N–H and O–H groups in total. The monoisotopic (exact) mass is 406 g/mol. The number of piperidine rings is 1. The maximum atomic E-state index is 12.9. The molecule has 0 saturated carbocycles. The Bertz CT molecular complexity index is 1090. The van der Waals surface area contributed by atoms with Crippen LogP contribution < -0.4 is 0 Å². The predicted molar refractivity (Wildman–Crippen MR) is 107 cm³/mol. The summed E-state index contributed by atoms with van der Waals surface area (Å²) in [6, 6.07) is 6.92. The van der Waals surface area contributed by atoms with E-state index in [-0.39, 0.29) is 17.6 Å². The van der Waals surface area contributed by atoms with Crippen LogP contribution in [0.4, 0.5) is 0 Å². The standard InChI is InChI=1S/C22H22N4O4/c1-22(2,28)10-9-17-7-8-18(29-17)21(27)26-12-4-6-16(14-26)20-24-19(25-30-20)15-5-3-11-23-13-15/h3,5,7-8,11,13,16,28H,4,6,12,14H2,1-2H3. The number of carbonyl (C=O) groups excluding carboxylic acids is 1. The highest BCUT2D eigenvalue weighted by atomic mass is 16.5. The molecule has 0 radical (unpaired) electrons. The normalized spacial score (nSPS) is 16.8. The number of carbonyl (C=O) groups is 1. The van der Waals surface area contributed by atoms with Gasteiger partial charge in [-0.3, -0.25) is 9.78 Å². The van der Waals surface area contributed by atoms with Gasteiger partial charge in [-0.25, -0.2) is 0 Å². The molecule has 4 heterocycles. The molecule has 154 valence electrons. The van der Waals surface area contributed by atoms with Gasteiger partial charge in [0.2, 0.25) is 11.7 Å². The number of nitrogens with zero attached hydrogens (tertiary/aromatic N) is 4. The molecule has 1 saturated heterocycles. The molecule has 0 aromatic carbocycles. The van der Waals surface area contributed by atoms with Gasteiger partial charge < -0.3 is 18.9 Å². The average Bonchev–Trinajstić information content (AvgIpc) is 3.42. The van der Waals surface area contributed by atoms with Crippen molar-refractivity contribution >= 4 is 5.91 Å². The molecule has 1 aliphatic heterocycles. The Labute approximate surface area is 173 Å². The van der Waals surface area contributed by atoms with Crippen molar-refractivity contribution in [3.05, 3.63) is 54.1 Å². The number of likely N-dealkylation sites (tertiary alicyclic amines) is 1. The van der Waals surface area contributed by atoms with Crippen LogP contribution in [0.25, 0.3) is 11.4 Å². The highest BCUT2D eigenvalue weighted by molar-refractivity contribution is 5.91. The van der Waals surface area contributed by atoms with E-state index in [0.717, 1.165) is 18.4 Å². The van der Waals surface area contributed by atoms with Gasteiger partial charge in [-0.2, -0.15) is 4.98 Å². The summed E-state index contributed by atoms with van der Waals surface area (Å²) in [5.41, 5.74) is -0.345. The SMILES string of the molecule is CC(C)(O)C#Cc1ccc(C(=O)N2CCCC(c3nc(-c4cccnc4)no3)C2)o1. The number of hydrogen-bond acceptors (Lipinski definition) is 7. The van der Waals surface area contributed by atoms with E-state index in [2.05, 4.69) is 27.0 Å². The summed E-state index contributed by atoms with van der Waals surface area (Å²) in [6.07, 6.45) is 5.05. The van der Waals surface area contributed by atoms with Gasteiger partial charge in [-0.15, -0.1) is 0 Å². The van der Waals surface area contributed by atoms with Crippen molar-refractivity contribution in [1.82, 2.24) is 20.0 Å². The van der Waals surface area contributed by atoms with Crippen molar-refractivity contribution in [3.63, 3.8) is 0 Å². The Kier molecular flexibility index (Phi) is 5.38. The molecule has 1 amide bonds. The molecule has 1 unspecified atom stereocenters. The Hall–Kier alpha value is -3.44. The van der Waals surface area contributed by atoms with Crippen molar-refractivity contribution in [3.8, 4) is 23.2 Å². The molecule has 8 heteroatoms. The average molecular weight is 406 g/mol. The lowest BCUT2D eigenvalue weighted by molar-refractivity contribution is 0.0663. The Morgan fingerprint density at radius 3 is 2.97 bits per heavy atom. The third-order valence-electron chi connectivity index (χ3n) is 4.73. The lowest BCUT2D eigenvalue weighted by atomic mass is 9.97. The van der Waals surface area contributed by atoms with E-state index in [0.29, 0.717) is 30.6 Å². The maximum absolute atomic E-state index is 12.9. The van der Waals surface area contributed by atoms with E-state index in [9.17, 15) is 9.90 Å². The minimum atomic E-state index is -1.13. The molecule has 4 rings (SSSR count). The summed E-state index contributed by atoms with van der Waals surface area (Å²) < 4.78 is 11.0. The number of aliphatic hydroxyl groups is 1. The van der Waals surface area contributed by atoms with Crippen LogP contribution in [0.15, 0.2) is 45.6 Å². The summed E-state index contributed by atoms with van der Waals surface area (Å²) >= 11 is 0. The van der Waals surface area contributed by atoms with E-state index in [1.165, 1.54) is 0 Å². The van der Waals surface area contributed by atoms with Crippen LogP contribution in [0.2, 0.25) is 0 Å². The van der Waals surface area contributed by atoms with Crippen LogP contribution in [0, 0.1) is 11.8 Å². The first-order valence-corrected chi connectivity index (χ1v) is 9.78. The van der Waals surface area contributed by atoms with Crippen LogP contribution in [0.5, 0.6) is 0 Å². The molecule has 0 spiro atoms. The zero-order valence-electron chi connectivity index (χ0n) is 16.8. The molecule has 3 aromatic heterocycles. The van der Waals surface area contributed by atoms with Gasteiger partial charge >= 0.3 is 0 Å². The first-order valence-electron chi connectivity index (χ1n) is 9.78. The number of hydrogen-bond donors (Lipinski definition) is 1.